The topological polar surface area (TPSA) is 37.8 Å². The third kappa shape index (κ3) is 2.92. The van der Waals surface area contributed by atoms with Gasteiger partial charge in [-0.2, -0.15) is 5.10 Å². The van der Waals surface area contributed by atoms with Crippen molar-refractivity contribution in [1.29, 1.82) is 0 Å². The van der Waals surface area contributed by atoms with Crippen LogP contribution in [0.1, 0.15) is 50.6 Å². The molecule has 3 rings (SSSR count). The Morgan fingerprint density at radius 2 is 1.55 bits per heavy atom. The molecule has 20 heavy (non-hydrogen) atoms. The van der Waals surface area contributed by atoms with Gasteiger partial charge in [-0.05, 0) is 19.8 Å². The summed E-state index contributed by atoms with van der Waals surface area (Å²) in [6.45, 7) is 2.02. The van der Waals surface area contributed by atoms with Crippen molar-refractivity contribution in [3.8, 4) is 0 Å². The first-order chi connectivity index (χ1) is 9.84. The van der Waals surface area contributed by atoms with E-state index in [0.717, 1.165) is 11.5 Å². The molecule has 3 nitrogen and oxygen atoms in total. The lowest BCUT2D eigenvalue weighted by molar-refractivity contribution is 0.470. The Kier molecular flexibility index (Phi) is 4.14. The van der Waals surface area contributed by atoms with Crippen LogP contribution in [0.25, 0.3) is 10.8 Å². The highest BCUT2D eigenvalue weighted by Gasteiger charge is 2.14. The molecule has 1 heterocycles. The molecule has 1 saturated carbocycles. The Bertz CT molecular complexity index is 571. The number of aryl methyl sites for hydroxylation is 1. The van der Waals surface area contributed by atoms with E-state index >= 15 is 0 Å². The highest BCUT2D eigenvalue weighted by molar-refractivity contribution is 5.92. The second-order valence-corrected chi connectivity index (χ2v) is 5.87. The SMILES string of the molecule is Cc1nnc(NC2CCCCCCC2)c2ccccc12. The van der Waals surface area contributed by atoms with Gasteiger partial charge in [0.1, 0.15) is 0 Å². The summed E-state index contributed by atoms with van der Waals surface area (Å²) >= 11 is 0. The number of nitrogens with zero attached hydrogens (tertiary/aromatic N) is 2. The molecule has 0 atom stereocenters. The zero-order valence-electron chi connectivity index (χ0n) is 12.2. The van der Waals surface area contributed by atoms with Gasteiger partial charge in [-0.1, -0.05) is 56.4 Å². The first-order valence-corrected chi connectivity index (χ1v) is 7.83. The second kappa shape index (κ2) is 6.21. The molecule has 0 radical (unpaired) electrons. The van der Waals surface area contributed by atoms with Gasteiger partial charge in [0.25, 0.3) is 0 Å². The third-order valence-electron chi connectivity index (χ3n) is 4.32. The summed E-state index contributed by atoms with van der Waals surface area (Å²) in [7, 11) is 0. The largest absolute Gasteiger partial charge is 0.365 e. The fourth-order valence-electron chi connectivity index (χ4n) is 3.14. The van der Waals surface area contributed by atoms with Crippen LogP contribution in [0.15, 0.2) is 24.3 Å². The van der Waals surface area contributed by atoms with Crippen LogP contribution in [-0.2, 0) is 0 Å². The van der Waals surface area contributed by atoms with E-state index in [1.165, 1.54) is 55.7 Å². The zero-order valence-corrected chi connectivity index (χ0v) is 12.2. The van der Waals surface area contributed by atoms with E-state index in [0.29, 0.717) is 6.04 Å². The number of anilines is 1. The van der Waals surface area contributed by atoms with Crippen molar-refractivity contribution in [1.82, 2.24) is 10.2 Å². The maximum Gasteiger partial charge on any atom is 0.156 e. The van der Waals surface area contributed by atoms with Crippen molar-refractivity contribution >= 4 is 16.6 Å². The molecule has 0 aliphatic heterocycles. The summed E-state index contributed by atoms with van der Waals surface area (Å²) in [6.07, 6.45) is 9.31. The van der Waals surface area contributed by atoms with Crippen LogP contribution in [-0.4, -0.2) is 16.2 Å². The molecule has 2 aromatic rings. The summed E-state index contributed by atoms with van der Waals surface area (Å²) in [4.78, 5) is 0. The van der Waals surface area contributed by atoms with Crippen LogP contribution in [0.2, 0.25) is 0 Å². The van der Waals surface area contributed by atoms with Gasteiger partial charge in [0, 0.05) is 16.8 Å². The summed E-state index contributed by atoms with van der Waals surface area (Å²) in [5, 5.41) is 14.7. The standard InChI is InChI=1S/C17H23N3/c1-13-15-11-7-8-12-16(15)17(20-19-13)18-14-9-5-3-2-4-6-10-14/h7-8,11-12,14H,2-6,9-10H2,1H3,(H,18,20). The number of benzene rings is 1. The Morgan fingerprint density at radius 3 is 2.30 bits per heavy atom. The quantitative estimate of drug-likeness (QED) is 0.874. The third-order valence-corrected chi connectivity index (χ3v) is 4.32. The Labute approximate surface area is 120 Å². The molecule has 0 amide bonds. The average molecular weight is 269 g/mol. The molecule has 0 saturated heterocycles. The highest BCUT2D eigenvalue weighted by atomic mass is 15.2. The van der Waals surface area contributed by atoms with Gasteiger partial charge >= 0.3 is 0 Å². The first-order valence-electron chi connectivity index (χ1n) is 7.83. The molecule has 0 spiro atoms. The van der Waals surface area contributed by atoms with E-state index in [1.54, 1.807) is 0 Å². The van der Waals surface area contributed by atoms with Crippen molar-refractivity contribution in [3.05, 3.63) is 30.0 Å². The predicted molar refractivity (Wildman–Crippen MR) is 84.0 cm³/mol. The summed E-state index contributed by atoms with van der Waals surface area (Å²) in [5.74, 6) is 0.955. The van der Waals surface area contributed by atoms with Crippen molar-refractivity contribution in [2.45, 2.75) is 57.9 Å². The van der Waals surface area contributed by atoms with Gasteiger partial charge in [-0.25, -0.2) is 0 Å². The minimum Gasteiger partial charge on any atom is -0.365 e. The van der Waals surface area contributed by atoms with E-state index < -0.39 is 0 Å². The number of hydrogen-bond acceptors (Lipinski definition) is 3. The number of nitrogens with one attached hydrogen (secondary N) is 1. The second-order valence-electron chi connectivity index (χ2n) is 5.87. The molecular weight excluding hydrogens is 246 g/mol. The van der Waals surface area contributed by atoms with Crippen LogP contribution in [0.4, 0.5) is 5.82 Å². The molecule has 1 fully saturated rings. The molecule has 0 unspecified atom stereocenters. The van der Waals surface area contributed by atoms with Gasteiger partial charge in [-0.15, -0.1) is 5.10 Å². The molecule has 3 heteroatoms. The van der Waals surface area contributed by atoms with Crippen LogP contribution >= 0.6 is 0 Å². The van der Waals surface area contributed by atoms with E-state index in [-0.39, 0.29) is 0 Å². The van der Waals surface area contributed by atoms with Gasteiger partial charge < -0.3 is 5.32 Å². The normalized spacial score (nSPS) is 17.6. The molecular formula is C17H23N3. The zero-order chi connectivity index (χ0) is 13.8. The molecule has 0 bridgehead atoms. The Hall–Kier alpha value is -1.64. The summed E-state index contributed by atoms with van der Waals surface area (Å²) < 4.78 is 0. The fraction of sp³-hybridized carbons (Fsp3) is 0.529. The van der Waals surface area contributed by atoms with Crippen molar-refractivity contribution in [2.24, 2.45) is 0 Å². The van der Waals surface area contributed by atoms with Crippen molar-refractivity contribution < 1.29 is 0 Å². The number of fused-ring (bicyclic) bond motifs is 1. The monoisotopic (exact) mass is 269 g/mol. The minimum absolute atomic E-state index is 0.552. The molecule has 1 N–H and O–H groups in total. The fourth-order valence-corrected chi connectivity index (χ4v) is 3.14. The molecule has 1 aliphatic carbocycles. The maximum absolute atomic E-state index is 4.39. The number of rotatable bonds is 2. The van der Waals surface area contributed by atoms with Crippen LogP contribution in [0.5, 0.6) is 0 Å². The van der Waals surface area contributed by atoms with E-state index in [9.17, 15) is 0 Å². The molecule has 106 valence electrons. The van der Waals surface area contributed by atoms with Crippen LogP contribution in [0.3, 0.4) is 0 Å². The Balaban J connectivity index is 1.84. The van der Waals surface area contributed by atoms with Crippen molar-refractivity contribution in [2.75, 3.05) is 5.32 Å². The van der Waals surface area contributed by atoms with E-state index in [1.807, 2.05) is 6.92 Å². The smallest absolute Gasteiger partial charge is 0.156 e. The molecule has 1 aromatic heterocycles. The first kappa shape index (κ1) is 13.3. The number of hydrogen-bond donors (Lipinski definition) is 1. The lowest BCUT2D eigenvalue weighted by Crippen LogP contribution is -2.21. The summed E-state index contributed by atoms with van der Waals surface area (Å²) in [6, 6.07) is 8.96. The maximum atomic E-state index is 4.39. The van der Waals surface area contributed by atoms with Crippen LogP contribution in [0, 0.1) is 6.92 Å². The van der Waals surface area contributed by atoms with Gasteiger partial charge in [0.2, 0.25) is 0 Å². The predicted octanol–water partition coefficient (Wildman–Crippen LogP) is 4.46. The molecule has 1 aliphatic rings. The van der Waals surface area contributed by atoms with E-state index in [4.69, 9.17) is 0 Å². The Morgan fingerprint density at radius 1 is 0.900 bits per heavy atom. The van der Waals surface area contributed by atoms with Gasteiger partial charge in [-0.3, -0.25) is 0 Å². The minimum atomic E-state index is 0.552. The summed E-state index contributed by atoms with van der Waals surface area (Å²) in [5.41, 5.74) is 1.00. The molecule has 1 aromatic carbocycles. The lowest BCUT2D eigenvalue weighted by atomic mass is 9.96. The van der Waals surface area contributed by atoms with Gasteiger partial charge in [0.15, 0.2) is 5.82 Å². The van der Waals surface area contributed by atoms with E-state index in [2.05, 4.69) is 39.8 Å². The number of aromatic nitrogens is 2. The highest BCUT2D eigenvalue weighted by Crippen LogP contribution is 2.25. The lowest BCUT2D eigenvalue weighted by Gasteiger charge is -2.22. The van der Waals surface area contributed by atoms with Crippen molar-refractivity contribution in [3.63, 3.8) is 0 Å². The van der Waals surface area contributed by atoms with Crippen LogP contribution < -0.4 is 5.32 Å². The van der Waals surface area contributed by atoms with Gasteiger partial charge in [0.05, 0.1) is 5.69 Å². The average Bonchev–Trinajstić information content (AvgIpc) is 2.44.